The van der Waals surface area contributed by atoms with Crippen molar-refractivity contribution in [2.45, 2.75) is 19.9 Å². The van der Waals surface area contributed by atoms with Crippen molar-refractivity contribution in [3.63, 3.8) is 0 Å². The average molecular weight is 341 g/mol. The quantitative estimate of drug-likeness (QED) is 0.613. The molecule has 2 heterocycles. The maximum Gasteiger partial charge on any atom is 0.262 e. The number of piperazine rings is 1. The molecule has 0 aliphatic carbocycles. The lowest BCUT2D eigenvalue weighted by Crippen LogP contribution is -2.55. The zero-order valence-electron chi connectivity index (χ0n) is 14.7. The molecule has 1 aromatic rings. The van der Waals surface area contributed by atoms with Crippen LogP contribution in [0.5, 0.6) is 0 Å². The summed E-state index contributed by atoms with van der Waals surface area (Å²) in [7, 11) is 0. The summed E-state index contributed by atoms with van der Waals surface area (Å²) < 4.78 is 0. The van der Waals surface area contributed by atoms with Crippen LogP contribution in [-0.2, 0) is 4.79 Å². The van der Waals surface area contributed by atoms with Gasteiger partial charge in [-0.15, -0.1) is 0 Å². The third-order valence-corrected chi connectivity index (χ3v) is 4.75. The minimum atomic E-state index is -0.792. The Hall–Kier alpha value is -2.47. The van der Waals surface area contributed by atoms with E-state index < -0.39 is 6.04 Å². The number of amides is 3. The highest BCUT2D eigenvalue weighted by atomic mass is 16.2. The number of nitrogens with zero attached hydrogens (tertiary/aromatic N) is 3. The number of hydrogen-bond donors (Lipinski definition) is 0. The standard InChI is InChI=1S/C19H23N3O3/c1-13(2)12-20-8-10-21(11-9-20)17(23)14(3)22-18(24)15-6-4-5-7-16(15)19(22)25/h4-7,14H,1,8-12H2,2-3H3. The molecular weight excluding hydrogens is 318 g/mol. The van der Waals surface area contributed by atoms with Gasteiger partial charge >= 0.3 is 0 Å². The topological polar surface area (TPSA) is 60.9 Å². The molecule has 2 aliphatic rings. The van der Waals surface area contributed by atoms with E-state index in [2.05, 4.69) is 11.5 Å². The number of imide groups is 1. The summed E-state index contributed by atoms with van der Waals surface area (Å²) in [5.74, 6) is -0.950. The van der Waals surface area contributed by atoms with Crippen LogP contribution in [0.2, 0.25) is 0 Å². The molecule has 0 radical (unpaired) electrons. The fourth-order valence-corrected chi connectivity index (χ4v) is 3.44. The minimum absolute atomic E-state index is 0.176. The van der Waals surface area contributed by atoms with E-state index in [0.29, 0.717) is 24.2 Å². The van der Waals surface area contributed by atoms with Crippen LogP contribution in [-0.4, -0.2) is 71.2 Å². The Morgan fingerprint density at radius 2 is 1.60 bits per heavy atom. The summed E-state index contributed by atoms with van der Waals surface area (Å²) in [6.07, 6.45) is 0. The van der Waals surface area contributed by atoms with Gasteiger partial charge in [-0.25, -0.2) is 0 Å². The average Bonchev–Trinajstić information content (AvgIpc) is 2.85. The van der Waals surface area contributed by atoms with Crippen LogP contribution in [0.15, 0.2) is 36.4 Å². The predicted octanol–water partition coefficient (Wildman–Crippen LogP) is 1.39. The van der Waals surface area contributed by atoms with Gasteiger partial charge < -0.3 is 4.90 Å². The molecule has 25 heavy (non-hydrogen) atoms. The SMILES string of the molecule is C=C(C)CN1CCN(C(=O)C(C)N2C(=O)c3ccccc3C2=O)CC1. The van der Waals surface area contributed by atoms with Crippen LogP contribution < -0.4 is 0 Å². The van der Waals surface area contributed by atoms with Crippen LogP contribution in [0.1, 0.15) is 34.6 Å². The molecule has 132 valence electrons. The van der Waals surface area contributed by atoms with Gasteiger partial charge in [0.2, 0.25) is 5.91 Å². The highest BCUT2D eigenvalue weighted by molar-refractivity contribution is 6.22. The second-order valence-electron chi connectivity index (χ2n) is 6.76. The van der Waals surface area contributed by atoms with Crippen molar-refractivity contribution < 1.29 is 14.4 Å². The fraction of sp³-hybridized carbons (Fsp3) is 0.421. The second kappa shape index (κ2) is 6.80. The lowest BCUT2D eigenvalue weighted by Gasteiger charge is -2.37. The molecule has 3 amide bonds. The third kappa shape index (κ3) is 3.22. The highest BCUT2D eigenvalue weighted by Gasteiger charge is 2.41. The Kier molecular flexibility index (Phi) is 4.72. The van der Waals surface area contributed by atoms with Gasteiger partial charge in [0.1, 0.15) is 6.04 Å². The van der Waals surface area contributed by atoms with Crippen LogP contribution >= 0.6 is 0 Å². The molecule has 1 atom stereocenters. The predicted molar refractivity (Wildman–Crippen MR) is 94.2 cm³/mol. The van der Waals surface area contributed by atoms with Crippen LogP contribution in [0.3, 0.4) is 0 Å². The number of carbonyl (C=O) groups is 3. The Morgan fingerprint density at radius 1 is 1.08 bits per heavy atom. The number of rotatable bonds is 4. The Labute approximate surface area is 147 Å². The number of fused-ring (bicyclic) bond motifs is 1. The van der Waals surface area contributed by atoms with E-state index in [1.807, 2.05) is 6.92 Å². The van der Waals surface area contributed by atoms with Gasteiger partial charge in [-0.05, 0) is 26.0 Å². The van der Waals surface area contributed by atoms with E-state index in [9.17, 15) is 14.4 Å². The molecule has 1 fully saturated rings. The summed E-state index contributed by atoms with van der Waals surface area (Å²) >= 11 is 0. The second-order valence-corrected chi connectivity index (χ2v) is 6.76. The summed E-state index contributed by atoms with van der Waals surface area (Å²) in [6.45, 7) is 11.1. The van der Waals surface area contributed by atoms with Crippen molar-refractivity contribution >= 4 is 17.7 Å². The van der Waals surface area contributed by atoms with E-state index >= 15 is 0 Å². The zero-order valence-corrected chi connectivity index (χ0v) is 14.7. The molecule has 0 bridgehead atoms. The monoisotopic (exact) mass is 341 g/mol. The Balaban J connectivity index is 1.67. The molecule has 2 aliphatic heterocycles. The van der Waals surface area contributed by atoms with Crippen LogP contribution in [0, 0.1) is 0 Å². The molecule has 6 nitrogen and oxygen atoms in total. The van der Waals surface area contributed by atoms with Crippen LogP contribution in [0.25, 0.3) is 0 Å². The normalized spacial score (nSPS) is 19.1. The van der Waals surface area contributed by atoms with Crippen LogP contribution in [0.4, 0.5) is 0 Å². The fourth-order valence-electron chi connectivity index (χ4n) is 3.44. The van der Waals surface area contributed by atoms with Crippen molar-refractivity contribution in [2.24, 2.45) is 0 Å². The van der Waals surface area contributed by atoms with Gasteiger partial charge in [-0.3, -0.25) is 24.2 Å². The largest absolute Gasteiger partial charge is 0.338 e. The summed E-state index contributed by atoms with van der Waals surface area (Å²) in [5.41, 5.74) is 1.84. The lowest BCUT2D eigenvalue weighted by atomic mass is 10.1. The first-order chi connectivity index (χ1) is 11.9. The molecule has 6 heteroatoms. The maximum atomic E-state index is 12.8. The van der Waals surface area contributed by atoms with E-state index in [4.69, 9.17) is 0 Å². The molecule has 1 saturated heterocycles. The van der Waals surface area contributed by atoms with E-state index in [0.717, 1.165) is 30.1 Å². The van der Waals surface area contributed by atoms with E-state index in [-0.39, 0.29) is 17.7 Å². The van der Waals surface area contributed by atoms with Crippen molar-refractivity contribution in [1.82, 2.24) is 14.7 Å². The first-order valence-electron chi connectivity index (χ1n) is 8.52. The molecule has 0 spiro atoms. The van der Waals surface area contributed by atoms with Gasteiger partial charge in [0.25, 0.3) is 11.8 Å². The van der Waals surface area contributed by atoms with Gasteiger partial charge in [0.05, 0.1) is 11.1 Å². The highest BCUT2D eigenvalue weighted by Crippen LogP contribution is 2.25. The molecule has 3 rings (SSSR count). The maximum absolute atomic E-state index is 12.8. The number of carbonyl (C=O) groups excluding carboxylic acids is 3. The summed E-state index contributed by atoms with van der Waals surface area (Å²) in [4.78, 5) is 42.9. The van der Waals surface area contributed by atoms with E-state index in [1.165, 1.54) is 0 Å². The Bertz CT molecular complexity index is 700. The number of hydrogen-bond acceptors (Lipinski definition) is 4. The van der Waals surface area contributed by atoms with Gasteiger partial charge in [0, 0.05) is 32.7 Å². The first kappa shape index (κ1) is 17.4. The Morgan fingerprint density at radius 3 is 2.08 bits per heavy atom. The van der Waals surface area contributed by atoms with Crippen molar-refractivity contribution in [1.29, 1.82) is 0 Å². The van der Waals surface area contributed by atoms with Gasteiger partial charge in [-0.1, -0.05) is 24.3 Å². The molecule has 0 saturated carbocycles. The van der Waals surface area contributed by atoms with Crippen molar-refractivity contribution in [3.8, 4) is 0 Å². The molecular formula is C19H23N3O3. The van der Waals surface area contributed by atoms with Crippen molar-refractivity contribution in [3.05, 3.63) is 47.5 Å². The van der Waals surface area contributed by atoms with Gasteiger partial charge in [-0.2, -0.15) is 0 Å². The van der Waals surface area contributed by atoms with E-state index in [1.54, 1.807) is 36.1 Å². The smallest absolute Gasteiger partial charge is 0.262 e. The molecule has 0 aromatic heterocycles. The first-order valence-corrected chi connectivity index (χ1v) is 8.52. The van der Waals surface area contributed by atoms with Crippen molar-refractivity contribution in [2.75, 3.05) is 32.7 Å². The summed E-state index contributed by atoms with van der Waals surface area (Å²) in [6, 6.07) is 5.91. The number of benzene rings is 1. The zero-order chi connectivity index (χ0) is 18.1. The van der Waals surface area contributed by atoms with Gasteiger partial charge in [0.15, 0.2) is 0 Å². The lowest BCUT2D eigenvalue weighted by molar-refractivity contribution is -0.136. The molecule has 1 aromatic carbocycles. The third-order valence-electron chi connectivity index (χ3n) is 4.75. The molecule has 0 N–H and O–H groups in total. The minimum Gasteiger partial charge on any atom is -0.338 e. The summed E-state index contributed by atoms with van der Waals surface area (Å²) in [5, 5.41) is 0. The molecule has 1 unspecified atom stereocenters.